The van der Waals surface area contributed by atoms with Gasteiger partial charge in [0.25, 0.3) is 0 Å². The summed E-state index contributed by atoms with van der Waals surface area (Å²) in [7, 11) is 0. The highest BCUT2D eigenvalue weighted by Gasteiger charge is 2.14. The predicted octanol–water partition coefficient (Wildman–Crippen LogP) is 3.99. The van der Waals surface area contributed by atoms with Crippen LogP contribution in [0.2, 0.25) is 10.0 Å². The van der Waals surface area contributed by atoms with E-state index in [0.29, 0.717) is 27.5 Å². The minimum Gasteiger partial charge on any atom is -0.466 e. The van der Waals surface area contributed by atoms with E-state index in [0.717, 1.165) is 5.56 Å². The number of carbonyl (C=O) groups is 1. The molecule has 1 aromatic rings. The Balaban J connectivity index is 2.98. The van der Waals surface area contributed by atoms with E-state index in [-0.39, 0.29) is 12.4 Å². The van der Waals surface area contributed by atoms with Crippen molar-refractivity contribution in [3.63, 3.8) is 0 Å². The third kappa shape index (κ3) is 3.37. The molecule has 1 rings (SSSR count). The number of ether oxygens (including phenoxy) is 1. The number of alkyl halides is 1. The fourth-order valence-corrected chi connectivity index (χ4v) is 2.47. The molecule has 0 aliphatic carbocycles. The van der Waals surface area contributed by atoms with Gasteiger partial charge < -0.3 is 4.74 Å². The zero-order valence-electron chi connectivity index (χ0n) is 8.73. The normalized spacial score (nSPS) is 10.2. The summed E-state index contributed by atoms with van der Waals surface area (Å²) in [4.78, 5) is 11.4. The number of halogens is 3. The van der Waals surface area contributed by atoms with Gasteiger partial charge in [0.2, 0.25) is 0 Å². The Bertz CT molecular complexity index is 394. The number of esters is 1. The average Bonchev–Trinajstić information content (AvgIpc) is 2.25. The van der Waals surface area contributed by atoms with E-state index in [9.17, 15) is 4.79 Å². The van der Waals surface area contributed by atoms with Gasteiger partial charge in [-0.05, 0) is 18.6 Å². The third-order valence-corrected chi connectivity index (χ3v) is 3.47. The maximum Gasteiger partial charge on any atom is 0.310 e. The number of hydrogen-bond donors (Lipinski definition) is 0. The Morgan fingerprint density at radius 2 is 2.12 bits per heavy atom. The molecule has 0 saturated carbocycles. The van der Waals surface area contributed by atoms with Gasteiger partial charge in [-0.25, -0.2) is 0 Å². The molecule has 0 spiro atoms. The van der Waals surface area contributed by atoms with Gasteiger partial charge in [0, 0.05) is 20.9 Å². The molecule has 0 aliphatic heterocycles. The molecule has 0 saturated heterocycles. The fraction of sp³-hybridized carbons (Fsp3) is 0.364. The van der Waals surface area contributed by atoms with Crippen LogP contribution < -0.4 is 0 Å². The second-order valence-corrected chi connectivity index (χ2v) is 4.46. The summed E-state index contributed by atoms with van der Waals surface area (Å²) in [5.41, 5.74) is 1.53. The van der Waals surface area contributed by atoms with Crippen LogP contribution >= 0.6 is 39.1 Å². The summed E-state index contributed by atoms with van der Waals surface area (Å²) < 4.78 is 4.86. The van der Waals surface area contributed by atoms with Gasteiger partial charge >= 0.3 is 5.97 Å². The molecular weight excluding hydrogens is 315 g/mol. The molecule has 0 fully saturated rings. The second-order valence-electron chi connectivity index (χ2n) is 3.11. The van der Waals surface area contributed by atoms with Crippen LogP contribution in [0.15, 0.2) is 12.1 Å². The molecule has 0 heterocycles. The van der Waals surface area contributed by atoms with Gasteiger partial charge in [0.05, 0.1) is 13.0 Å². The average molecular weight is 326 g/mol. The lowest BCUT2D eigenvalue weighted by molar-refractivity contribution is -0.142. The van der Waals surface area contributed by atoms with Crippen molar-refractivity contribution in [3.8, 4) is 0 Å². The van der Waals surface area contributed by atoms with E-state index in [2.05, 4.69) is 15.9 Å². The lowest BCUT2D eigenvalue weighted by Gasteiger charge is -2.09. The van der Waals surface area contributed by atoms with Crippen molar-refractivity contribution in [2.75, 3.05) is 6.61 Å². The first-order valence-corrected chi connectivity index (χ1v) is 6.65. The molecule has 16 heavy (non-hydrogen) atoms. The molecule has 88 valence electrons. The standard InChI is InChI=1S/C11H11BrCl2O2/c1-2-16-10(15)5-8-9(13)4-3-7(6-12)11(8)14/h3-4H,2,5-6H2,1H3. The van der Waals surface area contributed by atoms with Crippen molar-refractivity contribution in [1.29, 1.82) is 0 Å². The predicted molar refractivity (Wildman–Crippen MR) is 69.4 cm³/mol. The summed E-state index contributed by atoms with van der Waals surface area (Å²) in [5.74, 6) is -0.321. The molecule has 0 unspecified atom stereocenters. The van der Waals surface area contributed by atoms with Crippen LogP contribution in [-0.2, 0) is 21.3 Å². The first-order chi connectivity index (χ1) is 7.60. The van der Waals surface area contributed by atoms with Crippen LogP contribution in [-0.4, -0.2) is 12.6 Å². The van der Waals surface area contributed by atoms with Gasteiger partial charge in [-0.15, -0.1) is 0 Å². The molecule has 0 aliphatic rings. The highest BCUT2D eigenvalue weighted by molar-refractivity contribution is 9.08. The summed E-state index contributed by atoms with van der Waals surface area (Å²) in [6, 6.07) is 3.56. The van der Waals surface area contributed by atoms with E-state index < -0.39 is 0 Å². The first kappa shape index (κ1) is 13.8. The highest BCUT2D eigenvalue weighted by Crippen LogP contribution is 2.30. The molecule has 0 radical (unpaired) electrons. The molecule has 0 N–H and O–H groups in total. The molecule has 0 atom stereocenters. The van der Waals surface area contributed by atoms with Crippen molar-refractivity contribution in [1.82, 2.24) is 0 Å². The number of benzene rings is 1. The van der Waals surface area contributed by atoms with Crippen LogP contribution in [0.5, 0.6) is 0 Å². The van der Waals surface area contributed by atoms with Crippen molar-refractivity contribution in [2.24, 2.45) is 0 Å². The molecule has 1 aromatic carbocycles. The maximum atomic E-state index is 11.4. The Morgan fingerprint density at radius 3 is 2.69 bits per heavy atom. The number of rotatable bonds is 4. The number of carbonyl (C=O) groups excluding carboxylic acids is 1. The maximum absolute atomic E-state index is 11.4. The smallest absolute Gasteiger partial charge is 0.310 e. The minimum absolute atomic E-state index is 0.104. The molecule has 5 heteroatoms. The van der Waals surface area contributed by atoms with Crippen molar-refractivity contribution >= 4 is 45.1 Å². The van der Waals surface area contributed by atoms with Crippen LogP contribution in [0.3, 0.4) is 0 Å². The van der Waals surface area contributed by atoms with Crippen LogP contribution in [0.25, 0.3) is 0 Å². The zero-order valence-corrected chi connectivity index (χ0v) is 11.8. The van der Waals surface area contributed by atoms with E-state index in [4.69, 9.17) is 27.9 Å². The monoisotopic (exact) mass is 324 g/mol. The van der Waals surface area contributed by atoms with Crippen LogP contribution in [0, 0.1) is 0 Å². The summed E-state index contributed by atoms with van der Waals surface area (Å²) in [6.45, 7) is 2.11. The Hall–Kier alpha value is -0.250. The first-order valence-electron chi connectivity index (χ1n) is 4.77. The molecule has 2 nitrogen and oxygen atoms in total. The lowest BCUT2D eigenvalue weighted by atomic mass is 10.1. The Kier molecular flexibility index (Phi) is 5.59. The van der Waals surface area contributed by atoms with Crippen LogP contribution in [0.1, 0.15) is 18.1 Å². The van der Waals surface area contributed by atoms with E-state index in [1.807, 2.05) is 6.07 Å². The number of hydrogen-bond acceptors (Lipinski definition) is 2. The molecular formula is C11H11BrCl2O2. The van der Waals surface area contributed by atoms with Gasteiger partial charge in [-0.3, -0.25) is 4.79 Å². The van der Waals surface area contributed by atoms with E-state index in [1.165, 1.54) is 0 Å². The Morgan fingerprint density at radius 1 is 1.44 bits per heavy atom. The Labute approximate surface area is 113 Å². The third-order valence-electron chi connectivity index (χ3n) is 2.04. The van der Waals surface area contributed by atoms with Gasteiger partial charge in [-0.1, -0.05) is 45.2 Å². The van der Waals surface area contributed by atoms with Crippen molar-refractivity contribution in [2.45, 2.75) is 18.7 Å². The summed E-state index contributed by atoms with van der Waals surface area (Å²) in [6.07, 6.45) is 0.104. The fourth-order valence-electron chi connectivity index (χ4n) is 1.27. The second kappa shape index (κ2) is 6.48. The SMILES string of the molecule is CCOC(=O)Cc1c(Cl)ccc(CBr)c1Cl. The van der Waals surface area contributed by atoms with E-state index in [1.54, 1.807) is 13.0 Å². The van der Waals surface area contributed by atoms with Gasteiger partial charge in [0.15, 0.2) is 0 Å². The van der Waals surface area contributed by atoms with Gasteiger partial charge in [-0.2, -0.15) is 0 Å². The van der Waals surface area contributed by atoms with Gasteiger partial charge in [0.1, 0.15) is 0 Å². The van der Waals surface area contributed by atoms with Crippen LogP contribution in [0.4, 0.5) is 0 Å². The highest BCUT2D eigenvalue weighted by atomic mass is 79.9. The molecule has 0 aromatic heterocycles. The quantitative estimate of drug-likeness (QED) is 0.618. The minimum atomic E-state index is -0.321. The molecule has 0 bridgehead atoms. The van der Waals surface area contributed by atoms with E-state index >= 15 is 0 Å². The zero-order chi connectivity index (χ0) is 12.1. The lowest BCUT2D eigenvalue weighted by Crippen LogP contribution is -2.08. The topological polar surface area (TPSA) is 26.3 Å². The summed E-state index contributed by atoms with van der Waals surface area (Å²) >= 11 is 15.5. The summed E-state index contributed by atoms with van der Waals surface area (Å²) in [5, 5.41) is 1.64. The van der Waals surface area contributed by atoms with Crippen molar-refractivity contribution < 1.29 is 9.53 Å². The molecule has 0 amide bonds. The largest absolute Gasteiger partial charge is 0.466 e. The van der Waals surface area contributed by atoms with Crippen molar-refractivity contribution in [3.05, 3.63) is 33.3 Å².